The van der Waals surface area contributed by atoms with Crippen molar-refractivity contribution in [2.45, 2.75) is 49.0 Å². The fourth-order valence-electron chi connectivity index (χ4n) is 4.85. The number of sulfonamides is 1. The van der Waals surface area contributed by atoms with Crippen LogP contribution in [0.2, 0.25) is 5.02 Å². The topological polar surface area (TPSA) is 105 Å². The summed E-state index contributed by atoms with van der Waals surface area (Å²) in [6, 6.07) is 6.42. The molecule has 2 aliphatic heterocycles. The van der Waals surface area contributed by atoms with Crippen LogP contribution in [-0.2, 0) is 25.0 Å². The van der Waals surface area contributed by atoms with Gasteiger partial charge >= 0.3 is 0 Å². The van der Waals surface area contributed by atoms with Crippen molar-refractivity contribution in [3.05, 3.63) is 46.7 Å². The molecule has 1 atom stereocenters. The van der Waals surface area contributed by atoms with Gasteiger partial charge in [0.25, 0.3) is 10.0 Å². The Labute approximate surface area is 201 Å². The quantitative estimate of drug-likeness (QED) is 0.642. The van der Waals surface area contributed by atoms with Gasteiger partial charge in [-0.25, -0.2) is 12.8 Å². The van der Waals surface area contributed by atoms with E-state index in [-0.39, 0.29) is 28.6 Å². The Hall–Kier alpha value is -2.85. The zero-order valence-corrected chi connectivity index (χ0v) is 19.9. The second-order valence-electron chi connectivity index (χ2n) is 8.96. The molecule has 2 amide bonds. The Morgan fingerprint density at radius 3 is 2.68 bits per heavy atom. The van der Waals surface area contributed by atoms with Crippen LogP contribution >= 0.6 is 11.6 Å². The summed E-state index contributed by atoms with van der Waals surface area (Å²) >= 11 is 5.76. The molecule has 1 unspecified atom stereocenters. The molecule has 11 heteroatoms. The number of halogens is 2. The van der Waals surface area contributed by atoms with Gasteiger partial charge < -0.3 is 15.0 Å². The lowest BCUT2D eigenvalue weighted by Gasteiger charge is -2.36. The second-order valence-corrected chi connectivity index (χ2v) is 11.0. The molecule has 2 aromatic rings. The van der Waals surface area contributed by atoms with Crippen molar-refractivity contribution < 1.29 is 27.1 Å². The first-order valence-corrected chi connectivity index (χ1v) is 12.9. The highest BCUT2D eigenvalue weighted by Crippen LogP contribution is 2.54. The Morgan fingerprint density at radius 2 is 2.06 bits per heavy atom. The smallest absolute Gasteiger partial charge is 0.264 e. The van der Waals surface area contributed by atoms with Crippen LogP contribution < -0.4 is 14.8 Å². The van der Waals surface area contributed by atoms with Crippen molar-refractivity contribution in [2.24, 2.45) is 0 Å². The molecule has 0 aromatic heterocycles. The van der Waals surface area contributed by atoms with Crippen LogP contribution in [0.3, 0.4) is 0 Å². The Balaban J connectivity index is 1.52. The summed E-state index contributed by atoms with van der Waals surface area (Å²) in [6.07, 6.45) is 2.48. The van der Waals surface area contributed by atoms with Gasteiger partial charge in [0.15, 0.2) is 0 Å². The third-order valence-corrected chi connectivity index (χ3v) is 8.47. The normalized spacial score (nSPS) is 20.6. The molecule has 2 aromatic carbocycles. The number of hydrogen-bond donors (Lipinski definition) is 2. The predicted molar refractivity (Wildman–Crippen MR) is 124 cm³/mol. The molecule has 0 bridgehead atoms. The number of nitrogens with zero attached hydrogens (tertiary/aromatic N) is 1. The molecule has 3 aliphatic rings. The van der Waals surface area contributed by atoms with Crippen LogP contribution in [0.4, 0.5) is 15.8 Å². The maximum Gasteiger partial charge on any atom is 0.264 e. The van der Waals surface area contributed by atoms with Gasteiger partial charge in [-0.3, -0.25) is 14.3 Å². The number of likely N-dealkylation sites (tertiary alicyclic amines) is 1. The van der Waals surface area contributed by atoms with Crippen molar-refractivity contribution >= 4 is 44.8 Å². The summed E-state index contributed by atoms with van der Waals surface area (Å²) < 4.78 is 48.9. The van der Waals surface area contributed by atoms with E-state index in [9.17, 15) is 22.4 Å². The van der Waals surface area contributed by atoms with E-state index in [4.69, 9.17) is 16.3 Å². The van der Waals surface area contributed by atoms with Crippen LogP contribution in [0, 0.1) is 5.82 Å². The number of fused-ring (bicyclic) bond motifs is 2. The largest absolute Gasteiger partial charge is 0.486 e. The average Bonchev–Trinajstić information content (AvgIpc) is 3.29. The maximum absolute atomic E-state index is 14.3. The molecule has 34 heavy (non-hydrogen) atoms. The molecule has 2 N–H and O–H groups in total. The molecule has 1 saturated heterocycles. The molecular weight excluding hydrogens is 485 g/mol. The number of nitrogens with one attached hydrogen (secondary N) is 2. The van der Waals surface area contributed by atoms with E-state index >= 15 is 0 Å². The zero-order valence-electron chi connectivity index (χ0n) is 18.4. The summed E-state index contributed by atoms with van der Waals surface area (Å²) in [6.45, 7) is 2.45. The lowest BCUT2D eigenvalue weighted by Crippen LogP contribution is -2.40. The molecule has 8 nitrogen and oxygen atoms in total. The predicted octanol–water partition coefficient (Wildman–Crippen LogP) is 3.65. The highest BCUT2D eigenvalue weighted by molar-refractivity contribution is 7.92. The van der Waals surface area contributed by atoms with Gasteiger partial charge in [0.1, 0.15) is 22.6 Å². The first kappa shape index (κ1) is 22.9. The van der Waals surface area contributed by atoms with Crippen LogP contribution in [0.1, 0.15) is 38.2 Å². The number of carbonyl (C=O) groups excluding carboxylic acids is 2. The number of hydrogen-bond acceptors (Lipinski definition) is 5. The molecule has 1 aliphatic carbocycles. The molecule has 0 radical (unpaired) electrons. The van der Waals surface area contributed by atoms with Crippen LogP contribution in [0.15, 0.2) is 35.2 Å². The molecule has 2 fully saturated rings. The molecule has 180 valence electrons. The second kappa shape index (κ2) is 8.13. The molecular formula is C23H23ClFN3O5S. The van der Waals surface area contributed by atoms with Crippen LogP contribution in [0.5, 0.6) is 5.75 Å². The SMILES string of the molecule is CC(=O)N1CCC(Oc2cc(NS(=O)(=O)c3ccc(Cl)cc3F)cc3c2NC(=O)C32CCC2)C1. The zero-order chi connectivity index (χ0) is 24.3. The van der Waals surface area contributed by atoms with Crippen molar-refractivity contribution in [2.75, 3.05) is 23.1 Å². The maximum atomic E-state index is 14.3. The first-order valence-electron chi connectivity index (χ1n) is 11.0. The summed E-state index contributed by atoms with van der Waals surface area (Å²) in [5.41, 5.74) is 0.623. The van der Waals surface area contributed by atoms with Gasteiger partial charge in [0, 0.05) is 31.0 Å². The van der Waals surface area contributed by atoms with Crippen molar-refractivity contribution in [3.63, 3.8) is 0 Å². The summed E-state index contributed by atoms with van der Waals surface area (Å²) in [5, 5.41) is 2.99. The first-order chi connectivity index (χ1) is 16.1. The van der Waals surface area contributed by atoms with Crippen molar-refractivity contribution in [1.82, 2.24) is 4.90 Å². The molecule has 5 rings (SSSR count). The monoisotopic (exact) mass is 507 g/mol. The van der Waals surface area contributed by atoms with Gasteiger partial charge in [0.2, 0.25) is 11.8 Å². The van der Waals surface area contributed by atoms with Gasteiger partial charge in [-0.15, -0.1) is 0 Å². The molecule has 1 saturated carbocycles. The number of benzene rings is 2. The van der Waals surface area contributed by atoms with E-state index in [2.05, 4.69) is 10.0 Å². The van der Waals surface area contributed by atoms with E-state index in [0.29, 0.717) is 49.4 Å². The van der Waals surface area contributed by atoms with E-state index in [1.54, 1.807) is 11.0 Å². The van der Waals surface area contributed by atoms with E-state index in [0.717, 1.165) is 18.6 Å². The summed E-state index contributed by atoms with van der Waals surface area (Å²) in [4.78, 5) is 25.7. The van der Waals surface area contributed by atoms with Crippen LogP contribution in [0.25, 0.3) is 0 Å². The number of amides is 2. The fourth-order valence-corrected chi connectivity index (χ4v) is 6.11. The minimum atomic E-state index is -4.28. The van der Waals surface area contributed by atoms with E-state index < -0.39 is 26.2 Å². The highest BCUT2D eigenvalue weighted by atomic mass is 35.5. The average molecular weight is 508 g/mol. The van der Waals surface area contributed by atoms with Gasteiger partial charge in [0.05, 0.1) is 23.3 Å². The Bertz CT molecular complexity index is 1310. The Kier molecular flexibility index (Phi) is 5.48. The van der Waals surface area contributed by atoms with E-state index in [1.165, 1.54) is 19.1 Å². The number of carbonyl (C=O) groups is 2. The minimum Gasteiger partial charge on any atom is -0.486 e. The number of anilines is 2. The Morgan fingerprint density at radius 1 is 1.29 bits per heavy atom. The van der Waals surface area contributed by atoms with Crippen molar-refractivity contribution in [1.29, 1.82) is 0 Å². The minimum absolute atomic E-state index is 0.0513. The van der Waals surface area contributed by atoms with Gasteiger partial charge in [-0.2, -0.15) is 0 Å². The lowest BCUT2D eigenvalue weighted by molar-refractivity contribution is -0.128. The summed E-state index contributed by atoms with van der Waals surface area (Å²) in [5.74, 6) is -0.844. The highest BCUT2D eigenvalue weighted by Gasteiger charge is 2.52. The van der Waals surface area contributed by atoms with E-state index in [1.807, 2.05) is 0 Å². The molecule has 2 heterocycles. The lowest BCUT2D eigenvalue weighted by atomic mass is 9.65. The number of ether oxygens (including phenoxy) is 1. The molecule has 1 spiro atoms. The fraction of sp³-hybridized carbons (Fsp3) is 0.391. The third-order valence-electron chi connectivity index (χ3n) is 6.82. The van der Waals surface area contributed by atoms with Crippen LogP contribution in [-0.4, -0.2) is 44.3 Å². The summed E-state index contributed by atoms with van der Waals surface area (Å²) in [7, 11) is -4.28. The van der Waals surface area contributed by atoms with Gasteiger partial charge in [-0.05, 0) is 42.7 Å². The number of rotatable bonds is 5. The standard InChI is InChI=1S/C23H23ClFN3O5S/c1-13(29)28-8-5-16(12-28)33-19-11-15(10-17-21(19)26-22(30)23(17)6-2-7-23)27-34(31,32)20-4-3-14(24)9-18(20)25/h3-4,9-11,16,27H,2,5-8,12H2,1H3,(H,26,30). The van der Waals surface area contributed by atoms with Crippen molar-refractivity contribution in [3.8, 4) is 5.75 Å². The van der Waals surface area contributed by atoms with Gasteiger partial charge in [-0.1, -0.05) is 18.0 Å². The third kappa shape index (κ3) is 3.78.